The summed E-state index contributed by atoms with van der Waals surface area (Å²) < 4.78 is 0. The Morgan fingerprint density at radius 3 is 2.79 bits per heavy atom. The van der Waals surface area contributed by atoms with E-state index in [1.165, 1.54) is 51.4 Å². The Morgan fingerprint density at radius 1 is 1.00 bits per heavy atom. The van der Waals surface area contributed by atoms with Gasteiger partial charge in [-0.05, 0) is 44.9 Å². The topological polar surface area (TPSA) is 27.6 Å². The van der Waals surface area contributed by atoms with E-state index in [1.54, 1.807) is 0 Å². The molecule has 0 unspecified atom stereocenters. The van der Waals surface area contributed by atoms with Crippen molar-refractivity contribution in [1.82, 2.24) is 0 Å². The van der Waals surface area contributed by atoms with Gasteiger partial charge in [0.1, 0.15) is 0 Å². The average Bonchev–Trinajstić information content (AvgIpc) is 2.18. The van der Waals surface area contributed by atoms with E-state index in [0.717, 1.165) is 17.9 Å². The Bertz CT molecular complexity index is 266. The molecule has 78 valence electrons. The van der Waals surface area contributed by atoms with Crippen molar-refractivity contribution < 1.29 is 5.73 Å². The van der Waals surface area contributed by atoms with E-state index in [0.29, 0.717) is 0 Å². The molecule has 0 aromatic heterocycles. The highest BCUT2D eigenvalue weighted by Gasteiger charge is 2.41. The summed E-state index contributed by atoms with van der Waals surface area (Å²) in [5.41, 5.74) is 8.17. The lowest BCUT2D eigenvalue weighted by Gasteiger charge is -2.42. The van der Waals surface area contributed by atoms with Crippen LogP contribution in [-0.4, -0.2) is 6.04 Å². The van der Waals surface area contributed by atoms with E-state index < -0.39 is 0 Å². The average molecular weight is 192 g/mol. The number of quaternary nitrogens is 1. The van der Waals surface area contributed by atoms with Crippen LogP contribution in [0.4, 0.5) is 0 Å². The monoisotopic (exact) mass is 192 g/mol. The number of hydrogen-bond donors (Lipinski definition) is 1. The lowest BCUT2D eigenvalue weighted by atomic mass is 9.63. The van der Waals surface area contributed by atoms with Gasteiger partial charge in [-0.2, -0.15) is 0 Å². The van der Waals surface area contributed by atoms with Crippen molar-refractivity contribution in [3.63, 3.8) is 0 Å². The minimum Gasteiger partial charge on any atom is -0.354 e. The van der Waals surface area contributed by atoms with E-state index in [4.69, 9.17) is 0 Å². The summed E-state index contributed by atoms with van der Waals surface area (Å²) in [5, 5.41) is 0. The van der Waals surface area contributed by atoms with E-state index in [9.17, 15) is 0 Å². The van der Waals surface area contributed by atoms with Crippen molar-refractivity contribution in [3.05, 3.63) is 11.1 Å². The highest BCUT2D eigenvalue weighted by Crippen LogP contribution is 2.46. The van der Waals surface area contributed by atoms with Crippen molar-refractivity contribution in [3.8, 4) is 0 Å². The number of fused-ring (bicyclic) bond motifs is 3. The van der Waals surface area contributed by atoms with Crippen LogP contribution in [0.15, 0.2) is 11.1 Å². The van der Waals surface area contributed by atoms with Crippen LogP contribution in [0.3, 0.4) is 0 Å². The molecular weight excluding hydrogens is 170 g/mol. The molecule has 0 saturated heterocycles. The smallest absolute Gasteiger partial charge is 0.0941 e. The van der Waals surface area contributed by atoms with Crippen LogP contribution in [0.25, 0.3) is 0 Å². The molecule has 0 radical (unpaired) electrons. The van der Waals surface area contributed by atoms with Gasteiger partial charge in [0.2, 0.25) is 0 Å². The van der Waals surface area contributed by atoms with Gasteiger partial charge in [-0.15, -0.1) is 0 Å². The highest BCUT2D eigenvalue weighted by atomic mass is 14.7. The molecule has 3 aliphatic rings. The zero-order valence-electron chi connectivity index (χ0n) is 9.10. The Labute approximate surface area is 86.8 Å². The fourth-order valence-corrected chi connectivity index (χ4v) is 4.03. The first kappa shape index (κ1) is 8.96. The Kier molecular flexibility index (Phi) is 2.16. The first-order valence-electron chi connectivity index (χ1n) is 6.40. The van der Waals surface area contributed by atoms with Gasteiger partial charge in [0, 0.05) is 11.8 Å². The Hall–Kier alpha value is -0.300. The Balaban J connectivity index is 1.95. The van der Waals surface area contributed by atoms with Gasteiger partial charge < -0.3 is 5.73 Å². The molecule has 1 saturated carbocycles. The lowest BCUT2D eigenvalue weighted by Crippen LogP contribution is -2.70. The molecular formula is C13H22N+. The number of rotatable bonds is 0. The van der Waals surface area contributed by atoms with Crippen LogP contribution in [-0.2, 0) is 0 Å². The van der Waals surface area contributed by atoms with E-state index in [-0.39, 0.29) is 0 Å². The van der Waals surface area contributed by atoms with Gasteiger partial charge >= 0.3 is 0 Å². The van der Waals surface area contributed by atoms with Crippen molar-refractivity contribution in [2.24, 2.45) is 11.8 Å². The molecule has 0 aromatic rings. The molecule has 1 heteroatoms. The SMILES string of the molecule is [NH3+][C@@H]1[C@H]2CCC[C@@H]1C1=C(CCCC1)C2. The summed E-state index contributed by atoms with van der Waals surface area (Å²) in [4.78, 5) is 0. The second-order valence-electron chi connectivity index (χ2n) is 5.50. The molecule has 2 bridgehead atoms. The summed E-state index contributed by atoms with van der Waals surface area (Å²) in [5.74, 6) is 1.85. The van der Waals surface area contributed by atoms with E-state index in [2.05, 4.69) is 5.73 Å². The molecule has 3 atom stereocenters. The third kappa shape index (κ3) is 1.25. The normalized spacial score (nSPS) is 42.2. The van der Waals surface area contributed by atoms with Crippen LogP contribution >= 0.6 is 0 Å². The zero-order chi connectivity index (χ0) is 9.54. The van der Waals surface area contributed by atoms with Gasteiger partial charge in [0.15, 0.2) is 0 Å². The summed E-state index contributed by atoms with van der Waals surface area (Å²) in [6, 6.07) is 0.764. The van der Waals surface area contributed by atoms with Gasteiger partial charge in [-0.25, -0.2) is 0 Å². The predicted octanol–water partition coefficient (Wildman–Crippen LogP) is 2.29. The van der Waals surface area contributed by atoms with Crippen LogP contribution in [0.2, 0.25) is 0 Å². The molecule has 0 heterocycles. The lowest BCUT2D eigenvalue weighted by molar-refractivity contribution is -0.449. The van der Waals surface area contributed by atoms with Gasteiger partial charge in [-0.3, -0.25) is 0 Å². The molecule has 3 rings (SSSR count). The van der Waals surface area contributed by atoms with Crippen molar-refractivity contribution in [2.75, 3.05) is 0 Å². The van der Waals surface area contributed by atoms with Crippen LogP contribution < -0.4 is 5.73 Å². The maximum absolute atomic E-state index is 4.44. The largest absolute Gasteiger partial charge is 0.354 e. The first-order valence-corrected chi connectivity index (χ1v) is 6.40. The molecule has 3 aliphatic carbocycles. The molecule has 14 heavy (non-hydrogen) atoms. The molecule has 1 fully saturated rings. The van der Waals surface area contributed by atoms with Crippen molar-refractivity contribution >= 4 is 0 Å². The number of hydrogen-bond acceptors (Lipinski definition) is 0. The Morgan fingerprint density at radius 2 is 1.86 bits per heavy atom. The van der Waals surface area contributed by atoms with Crippen LogP contribution in [0, 0.1) is 11.8 Å². The van der Waals surface area contributed by atoms with Crippen molar-refractivity contribution in [2.45, 2.75) is 57.4 Å². The van der Waals surface area contributed by atoms with Gasteiger partial charge in [-0.1, -0.05) is 17.6 Å². The quantitative estimate of drug-likeness (QED) is 0.570. The fraction of sp³-hybridized carbons (Fsp3) is 0.846. The third-order valence-corrected chi connectivity index (χ3v) is 4.80. The molecule has 0 amide bonds. The minimum atomic E-state index is 0.764. The second-order valence-corrected chi connectivity index (χ2v) is 5.50. The summed E-state index contributed by atoms with van der Waals surface area (Å²) in [6.07, 6.45) is 11.5. The fourth-order valence-electron chi connectivity index (χ4n) is 4.03. The standard InChI is InChI=1S/C13H21N/c14-13-10-5-3-7-12(13)11-6-2-1-4-9(11)8-10/h10,12-13H,1-8,14H2/p+1/t10-,12+,13+/m0/s1. The maximum atomic E-state index is 4.44. The molecule has 0 spiro atoms. The summed E-state index contributed by atoms with van der Waals surface area (Å²) >= 11 is 0. The van der Waals surface area contributed by atoms with E-state index >= 15 is 0 Å². The number of allylic oxidation sites excluding steroid dienone is 1. The molecule has 0 aliphatic heterocycles. The third-order valence-electron chi connectivity index (χ3n) is 4.80. The first-order chi connectivity index (χ1) is 6.86. The minimum absolute atomic E-state index is 0.764. The predicted molar refractivity (Wildman–Crippen MR) is 57.6 cm³/mol. The molecule has 3 N–H and O–H groups in total. The zero-order valence-corrected chi connectivity index (χ0v) is 9.10. The van der Waals surface area contributed by atoms with Gasteiger partial charge in [0.25, 0.3) is 0 Å². The molecule has 1 nitrogen and oxygen atoms in total. The summed E-state index contributed by atoms with van der Waals surface area (Å²) in [7, 11) is 0. The highest BCUT2D eigenvalue weighted by molar-refractivity contribution is 5.26. The summed E-state index contributed by atoms with van der Waals surface area (Å²) in [6.45, 7) is 0. The maximum Gasteiger partial charge on any atom is 0.0941 e. The second kappa shape index (κ2) is 3.37. The molecule has 0 aromatic carbocycles. The van der Waals surface area contributed by atoms with Crippen LogP contribution in [0.5, 0.6) is 0 Å². The van der Waals surface area contributed by atoms with Gasteiger partial charge in [0.05, 0.1) is 6.04 Å². The van der Waals surface area contributed by atoms with Crippen LogP contribution in [0.1, 0.15) is 51.4 Å². The van der Waals surface area contributed by atoms with Crippen molar-refractivity contribution in [1.29, 1.82) is 0 Å². The van der Waals surface area contributed by atoms with E-state index in [1.807, 2.05) is 11.1 Å².